The molecule has 0 aliphatic carbocycles. The quantitative estimate of drug-likeness (QED) is 0.411. The van der Waals surface area contributed by atoms with Gasteiger partial charge in [0.1, 0.15) is 17.2 Å². The van der Waals surface area contributed by atoms with Crippen molar-refractivity contribution in [2.45, 2.75) is 32.2 Å². The van der Waals surface area contributed by atoms with E-state index >= 15 is 0 Å². The maximum absolute atomic E-state index is 12.4. The van der Waals surface area contributed by atoms with Crippen molar-refractivity contribution in [1.82, 2.24) is 24.6 Å². The number of hydrogen-bond acceptors (Lipinski definition) is 8. The lowest BCUT2D eigenvalue weighted by Gasteiger charge is -2.10. The number of anilines is 1. The number of aromatic nitrogens is 4. The zero-order valence-corrected chi connectivity index (χ0v) is 21.5. The van der Waals surface area contributed by atoms with Crippen molar-refractivity contribution in [3.8, 4) is 5.75 Å². The van der Waals surface area contributed by atoms with Gasteiger partial charge in [0, 0.05) is 25.7 Å². The number of thioether (sulfide) groups is 1. The molecule has 0 atom stereocenters. The van der Waals surface area contributed by atoms with E-state index in [9.17, 15) is 9.59 Å². The van der Waals surface area contributed by atoms with Crippen LogP contribution >= 0.6 is 46.3 Å². The van der Waals surface area contributed by atoms with Crippen molar-refractivity contribution in [1.29, 1.82) is 0 Å². The number of rotatable bonds is 9. The van der Waals surface area contributed by atoms with Gasteiger partial charge in [-0.3, -0.25) is 9.59 Å². The molecule has 0 spiro atoms. The number of amides is 2. The van der Waals surface area contributed by atoms with Gasteiger partial charge in [0.05, 0.1) is 16.5 Å². The van der Waals surface area contributed by atoms with Crippen molar-refractivity contribution in [2.75, 3.05) is 25.2 Å². The van der Waals surface area contributed by atoms with Gasteiger partial charge in [0.2, 0.25) is 5.91 Å². The molecule has 0 bridgehead atoms. The van der Waals surface area contributed by atoms with Crippen LogP contribution in [0.4, 0.5) is 5.13 Å². The number of nitrogens with zero attached hydrogens (tertiary/aromatic N) is 5. The van der Waals surface area contributed by atoms with Gasteiger partial charge in [-0.2, -0.15) is 0 Å². The van der Waals surface area contributed by atoms with E-state index in [4.69, 9.17) is 27.9 Å². The number of carbonyl (C=O) groups is 2. The summed E-state index contributed by atoms with van der Waals surface area (Å²) in [5, 5.41) is 13.0. The van der Waals surface area contributed by atoms with E-state index in [-0.39, 0.29) is 24.2 Å². The summed E-state index contributed by atoms with van der Waals surface area (Å²) in [7, 11) is 3.34. The van der Waals surface area contributed by atoms with E-state index in [0.717, 1.165) is 11.3 Å². The Morgan fingerprint density at radius 1 is 1.27 bits per heavy atom. The minimum Gasteiger partial charge on any atom is -0.484 e. The summed E-state index contributed by atoms with van der Waals surface area (Å²) < 4.78 is 7.61. The Balaban J connectivity index is 1.59. The number of thiazole rings is 1. The third-order valence-electron chi connectivity index (χ3n) is 4.34. The zero-order valence-electron chi connectivity index (χ0n) is 18.4. The van der Waals surface area contributed by atoms with Crippen LogP contribution in [0.2, 0.25) is 10.0 Å². The number of benzene rings is 1. The highest BCUT2D eigenvalue weighted by Crippen LogP contribution is 2.28. The predicted octanol–water partition coefficient (Wildman–Crippen LogP) is 4.38. The van der Waals surface area contributed by atoms with Crippen LogP contribution in [-0.4, -0.2) is 56.3 Å². The number of hydrogen-bond donors (Lipinski definition) is 1. The molecule has 3 rings (SSSR count). The fourth-order valence-electron chi connectivity index (χ4n) is 2.72. The normalized spacial score (nSPS) is 10.8. The van der Waals surface area contributed by atoms with Gasteiger partial charge in [0.25, 0.3) is 5.91 Å². The molecule has 13 heteroatoms. The highest BCUT2D eigenvalue weighted by molar-refractivity contribution is 7.99. The third-order valence-corrected chi connectivity index (χ3v) is 6.89. The van der Waals surface area contributed by atoms with Gasteiger partial charge in [0.15, 0.2) is 16.1 Å². The first-order valence-electron chi connectivity index (χ1n) is 9.81. The summed E-state index contributed by atoms with van der Waals surface area (Å²) in [6.45, 7) is 4.46. The van der Waals surface area contributed by atoms with E-state index < -0.39 is 0 Å². The van der Waals surface area contributed by atoms with Crippen LogP contribution in [0.25, 0.3) is 0 Å². The number of aryl methyl sites for hydroxylation is 1. The largest absolute Gasteiger partial charge is 0.484 e. The lowest BCUT2D eigenvalue weighted by molar-refractivity contribution is -0.113. The van der Waals surface area contributed by atoms with Crippen molar-refractivity contribution in [3.63, 3.8) is 0 Å². The van der Waals surface area contributed by atoms with Crippen LogP contribution in [-0.2, 0) is 17.9 Å². The first-order valence-corrected chi connectivity index (χ1v) is 12.4. The summed E-state index contributed by atoms with van der Waals surface area (Å²) >= 11 is 14.5. The molecule has 0 aliphatic rings. The SMILES string of the molecule is CCn1c(COc2ccc(Cl)cc2Cl)nnc1SCC(=O)Nc1nc(C)c(C(=O)N(C)C)s1. The number of nitrogens with one attached hydrogen (secondary N) is 1. The van der Waals surface area contributed by atoms with Gasteiger partial charge in [-0.15, -0.1) is 10.2 Å². The molecule has 1 aromatic carbocycles. The van der Waals surface area contributed by atoms with Crippen LogP contribution in [0.5, 0.6) is 5.75 Å². The van der Waals surface area contributed by atoms with Crippen LogP contribution in [0.15, 0.2) is 23.4 Å². The molecule has 2 heterocycles. The lowest BCUT2D eigenvalue weighted by atomic mass is 10.3. The molecule has 0 aliphatic heterocycles. The Morgan fingerprint density at radius 2 is 2.03 bits per heavy atom. The summed E-state index contributed by atoms with van der Waals surface area (Å²) in [5.74, 6) is 0.803. The van der Waals surface area contributed by atoms with Crippen molar-refractivity contribution >= 4 is 63.2 Å². The summed E-state index contributed by atoms with van der Waals surface area (Å²) in [6, 6.07) is 4.98. The second kappa shape index (κ2) is 11.2. The molecular weight excluding hydrogens is 507 g/mol. The molecule has 1 N–H and O–H groups in total. The molecule has 33 heavy (non-hydrogen) atoms. The maximum atomic E-state index is 12.4. The third kappa shape index (κ3) is 6.38. The molecule has 2 aromatic heterocycles. The van der Waals surface area contributed by atoms with Gasteiger partial charge in [-0.25, -0.2) is 4.98 Å². The van der Waals surface area contributed by atoms with E-state index in [0.29, 0.717) is 49.0 Å². The summed E-state index contributed by atoms with van der Waals surface area (Å²) in [6.07, 6.45) is 0. The van der Waals surface area contributed by atoms with Crippen LogP contribution in [0.1, 0.15) is 28.1 Å². The fourth-order valence-corrected chi connectivity index (χ4v) is 5.01. The van der Waals surface area contributed by atoms with Crippen LogP contribution < -0.4 is 10.1 Å². The second-order valence-corrected chi connectivity index (χ2v) is 9.76. The van der Waals surface area contributed by atoms with E-state index in [1.54, 1.807) is 39.2 Å². The molecule has 0 saturated carbocycles. The molecule has 0 fully saturated rings. The molecule has 176 valence electrons. The topological polar surface area (TPSA) is 102 Å². The Labute approximate surface area is 209 Å². The molecule has 3 aromatic rings. The fraction of sp³-hybridized carbons (Fsp3) is 0.350. The highest BCUT2D eigenvalue weighted by atomic mass is 35.5. The number of carbonyl (C=O) groups excluding carboxylic acids is 2. The Bertz CT molecular complexity index is 1160. The van der Waals surface area contributed by atoms with Crippen LogP contribution in [0, 0.1) is 6.92 Å². The Kier molecular flexibility index (Phi) is 8.57. The van der Waals surface area contributed by atoms with Gasteiger partial charge < -0.3 is 19.5 Å². The van der Waals surface area contributed by atoms with Crippen molar-refractivity contribution in [2.24, 2.45) is 0 Å². The Morgan fingerprint density at radius 3 is 2.70 bits per heavy atom. The minimum absolute atomic E-state index is 0.109. The van der Waals surface area contributed by atoms with E-state index in [1.807, 2.05) is 11.5 Å². The van der Waals surface area contributed by atoms with Crippen LogP contribution in [0.3, 0.4) is 0 Å². The summed E-state index contributed by atoms with van der Waals surface area (Å²) in [4.78, 5) is 30.8. The number of halogens is 2. The highest BCUT2D eigenvalue weighted by Gasteiger charge is 2.19. The molecule has 0 saturated heterocycles. The average molecular weight is 529 g/mol. The van der Waals surface area contributed by atoms with Crippen molar-refractivity contribution in [3.05, 3.63) is 44.6 Å². The zero-order chi connectivity index (χ0) is 24.1. The molecule has 0 unspecified atom stereocenters. The minimum atomic E-state index is -0.256. The maximum Gasteiger partial charge on any atom is 0.265 e. The molecule has 0 radical (unpaired) electrons. The average Bonchev–Trinajstić information content (AvgIpc) is 3.33. The Hall–Kier alpha value is -2.34. The predicted molar refractivity (Wildman–Crippen MR) is 131 cm³/mol. The second-order valence-electron chi connectivity index (χ2n) is 6.98. The molecular formula is C20H22Cl2N6O3S2. The standard InChI is InChI=1S/C20H22Cl2N6O3S2/c1-5-28-15(9-31-14-7-6-12(21)8-13(14)22)25-26-20(28)32-10-16(29)24-19-23-11(2)17(33-19)18(30)27(3)4/h6-8H,5,9-10H2,1-4H3,(H,23,24,29). The first kappa shape index (κ1) is 25.3. The van der Waals surface area contributed by atoms with Gasteiger partial charge in [-0.1, -0.05) is 46.3 Å². The van der Waals surface area contributed by atoms with E-state index in [2.05, 4.69) is 20.5 Å². The van der Waals surface area contributed by atoms with Gasteiger partial charge >= 0.3 is 0 Å². The summed E-state index contributed by atoms with van der Waals surface area (Å²) in [5.41, 5.74) is 0.581. The molecule has 2 amide bonds. The lowest BCUT2D eigenvalue weighted by Crippen LogP contribution is -2.21. The number of ether oxygens (including phenoxy) is 1. The smallest absolute Gasteiger partial charge is 0.265 e. The van der Waals surface area contributed by atoms with Crippen molar-refractivity contribution < 1.29 is 14.3 Å². The van der Waals surface area contributed by atoms with E-state index in [1.165, 1.54) is 16.7 Å². The molecule has 9 nitrogen and oxygen atoms in total. The van der Waals surface area contributed by atoms with Gasteiger partial charge in [-0.05, 0) is 32.0 Å². The monoisotopic (exact) mass is 528 g/mol. The first-order chi connectivity index (χ1) is 15.7.